The van der Waals surface area contributed by atoms with Crippen molar-refractivity contribution in [1.29, 1.82) is 0 Å². The Kier molecular flexibility index (Phi) is 5.67. The molecule has 0 aliphatic carbocycles. The van der Waals surface area contributed by atoms with Crippen molar-refractivity contribution in [1.82, 2.24) is 29.4 Å². The molecule has 1 atom stereocenters. The fraction of sp³-hybridized carbons (Fsp3) is 0.381. The monoisotopic (exact) mass is 504 g/mol. The summed E-state index contributed by atoms with van der Waals surface area (Å²) in [5.41, 5.74) is 2.30. The van der Waals surface area contributed by atoms with Crippen LogP contribution in [-0.4, -0.2) is 60.0 Å². The largest absolute Gasteiger partial charge is 0.442 e. The number of quaternary nitrogens is 1. The fourth-order valence-corrected chi connectivity index (χ4v) is 7.10. The van der Waals surface area contributed by atoms with Crippen LogP contribution in [0.4, 0.5) is 20.7 Å². The molecule has 2 amide bonds. The Balaban J connectivity index is 1.58. The zero-order chi connectivity index (χ0) is 24.0. The molecular weight excluding hydrogens is 481 g/mol. The molecule has 2 aliphatic heterocycles. The van der Waals surface area contributed by atoms with Crippen molar-refractivity contribution >= 4 is 38.9 Å². The van der Waals surface area contributed by atoms with E-state index in [0.717, 1.165) is 0 Å². The third-order valence-corrected chi connectivity index (χ3v) is 9.52. The molecule has 1 aromatic carbocycles. The molecule has 2 N–H and O–H groups in total. The van der Waals surface area contributed by atoms with Gasteiger partial charge in [0.1, 0.15) is 23.6 Å². The Hall–Kier alpha value is -2.87. The van der Waals surface area contributed by atoms with Crippen LogP contribution in [0, 0.1) is 5.82 Å². The van der Waals surface area contributed by atoms with Gasteiger partial charge < -0.3 is 5.32 Å². The van der Waals surface area contributed by atoms with E-state index >= 15 is 0 Å². The number of carbonyl (C=O) groups excluding carboxylic acids is 1. The van der Waals surface area contributed by atoms with Gasteiger partial charge in [0, 0.05) is 11.6 Å². The highest BCUT2D eigenvalue weighted by atomic mass is 32.2. The van der Waals surface area contributed by atoms with E-state index < -0.39 is 31.2 Å². The van der Waals surface area contributed by atoms with E-state index in [0.29, 0.717) is 47.9 Å². The number of carbonyl (C=O) groups is 1. The van der Waals surface area contributed by atoms with Gasteiger partial charge in [-0.25, -0.2) is 19.2 Å². The average molecular weight is 505 g/mol. The van der Waals surface area contributed by atoms with Crippen LogP contribution in [0.3, 0.4) is 0 Å². The van der Waals surface area contributed by atoms with Crippen LogP contribution in [0.25, 0.3) is 10.7 Å². The van der Waals surface area contributed by atoms with Gasteiger partial charge in [-0.15, -0.1) is 14.1 Å². The van der Waals surface area contributed by atoms with Crippen molar-refractivity contribution in [2.75, 3.05) is 30.7 Å². The maximum Gasteiger partial charge on any atom is 0.442 e. The molecule has 13 heteroatoms. The van der Waals surface area contributed by atoms with Crippen LogP contribution >= 0.6 is 11.3 Å². The number of aromatic nitrogens is 4. The number of hydrogen-bond donors (Lipinski definition) is 2. The number of fused-ring (bicyclic) bond motifs is 2. The number of sulfonamides is 1. The maximum atomic E-state index is 14.3. The van der Waals surface area contributed by atoms with Gasteiger partial charge in [-0.1, -0.05) is 11.3 Å². The molecule has 0 saturated carbocycles. The molecule has 5 rings (SSSR count). The summed E-state index contributed by atoms with van der Waals surface area (Å²) in [4.78, 5) is 22.3. The van der Waals surface area contributed by atoms with E-state index in [-0.39, 0.29) is 18.1 Å². The zero-order valence-corrected chi connectivity index (χ0v) is 20.0. The predicted octanol–water partition coefficient (Wildman–Crippen LogP) is 2.66. The predicted molar refractivity (Wildman–Crippen MR) is 126 cm³/mol. The molecule has 10 nitrogen and oxygen atoms in total. The Morgan fingerprint density at radius 2 is 2.06 bits per heavy atom. The zero-order valence-electron chi connectivity index (χ0n) is 18.4. The van der Waals surface area contributed by atoms with Gasteiger partial charge in [-0.3, -0.25) is 5.32 Å². The van der Waals surface area contributed by atoms with Gasteiger partial charge in [-0.05, 0) is 45.0 Å². The Morgan fingerprint density at radius 1 is 1.26 bits per heavy atom. The summed E-state index contributed by atoms with van der Waals surface area (Å²) in [6.07, 6.45) is 4.00. The highest BCUT2D eigenvalue weighted by Crippen LogP contribution is 2.52. The van der Waals surface area contributed by atoms with Gasteiger partial charge >= 0.3 is 16.1 Å². The first-order chi connectivity index (χ1) is 16.3. The number of nitrogens with one attached hydrogen (secondary N) is 2. The number of nitrogens with zero attached hydrogens (tertiary/aromatic N) is 5. The number of amides is 2. The minimum atomic E-state index is -4.01. The lowest BCUT2D eigenvalue weighted by Gasteiger charge is -2.35. The summed E-state index contributed by atoms with van der Waals surface area (Å²) in [6.45, 7) is 2.83. The van der Waals surface area contributed by atoms with E-state index in [1.165, 1.54) is 48.9 Å². The first kappa shape index (κ1) is 22.9. The minimum absolute atomic E-state index is 0.00572. The molecule has 2 aliphatic rings. The molecule has 1 spiro atoms. The number of halogens is 1. The molecule has 0 radical (unpaired) electrons. The van der Waals surface area contributed by atoms with Gasteiger partial charge in [0.25, 0.3) is 0 Å². The van der Waals surface area contributed by atoms with Gasteiger partial charge in [-0.2, -0.15) is 8.42 Å². The van der Waals surface area contributed by atoms with Crippen LogP contribution in [0.2, 0.25) is 0 Å². The third-order valence-electron chi connectivity index (χ3n) is 6.64. The highest BCUT2D eigenvalue weighted by Gasteiger charge is 2.63. The number of hydrogen-bond acceptors (Lipinski definition) is 9. The normalized spacial score (nSPS) is 21.4. The van der Waals surface area contributed by atoms with Crippen LogP contribution in [0.1, 0.15) is 25.3 Å². The molecule has 34 heavy (non-hydrogen) atoms. The van der Waals surface area contributed by atoms with Crippen LogP contribution < -0.4 is 14.5 Å². The van der Waals surface area contributed by atoms with E-state index in [9.17, 15) is 17.6 Å². The summed E-state index contributed by atoms with van der Waals surface area (Å²) in [5, 5.41) is 14.2. The number of benzene rings is 1. The van der Waals surface area contributed by atoms with E-state index in [1.54, 1.807) is 5.51 Å². The van der Waals surface area contributed by atoms with Crippen molar-refractivity contribution in [2.24, 2.45) is 0 Å². The fourth-order valence-electron chi connectivity index (χ4n) is 4.94. The van der Waals surface area contributed by atoms with Crippen molar-refractivity contribution in [2.45, 2.75) is 25.2 Å². The van der Waals surface area contributed by atoms with Gasteiger partial charge in [0.15, 0.2) is 16.5 Å². The molecule has 178 valence electrons. The second-order valence-corrected chi connectivity index (χ2v) is 11.6. The molecule has 1 unspecified atom stereocenters. The molecule has 1 fully saturated rings. The molecule has 2 aromatic heterocycles. The van der Waals surface area contributed by atoms with Gasteiger partial charge in [0.05, 0.1) is 23.6 Å². The van der Waals surface area contributed by atoms with E-state index in [2.05, 4.69) is 30.8 Å². The number of rotatable bonds is 4. The van der Waals surface area contributed by atoms with Crippen molar-refractivity contribution < 1.29 is 17.6 Å². The van der Waals surface area contributed by atoms with Crippen LogP contribution in [0.15, 0.2) is 36.1 Å². The SMILES string of the molecule is CCS(=O)(=O)[N+]1(C(=O)Nc2cnc(-c3nncs3)cn2)CC2(CCNCC2)c2cc(F)ccc21. The smallest absolute Gasteiger partial charge is 0.317 e. The summed E-state index contributed by atoms with van der Waals surface area (Å²) >= 11 is 1.30. The Bertz CT molecular complexity index is 1330. The highest BCUT2D eigenvalue weighted by molar-refractivity contribution is 7.91. The maximum absolute atomic E-state index is 14.3. The Morgan fingerprint density at radius 3 is 2.71 bits per heavy atom. The first-order valence-corrected chi connectivity index (χ1v) is 13.3. The summed E-state index contributed by atoms with van der Waals surface area (Å²) in [5.74, 6) is -0.603. The molecule has 4 heterocycles. The van der Waals surface area contributed by atoms with Crippen molar-refractivity contribution in [3.63, 3.8) is 0 Å². The lowest BCUT2D eigenvalue weighted by atomic mass is 9.75. The summed E-state index contributed by atoms with van der Waals surface area (Å²) < 4.78 is 40.6. The van der Waals surface area contributed by atoms with Crippen LogP contribution in [-0.2, 0) is 15.4 Å². The number of piperidine rings is 1. The molecule has 1 saturated heterocycles. The molecule has 3 aromatic rings. The standard InChI is InChI=1S/C21H22FN7O3S2/c1-2-34(31,32)29(20(30)27-18-11-24-16(10-25-18)19-28-26-13-33-19)12-21(5-7-23-8-6-21)15-9-14(22)3-4-17(15)29/h3-4,9-11,13,23H,2,5-8,12H2,1H3/p+1. The summed E-state index contributed by atoms with van der Waals surface area (Å²) in [6, 6.07) is 3.26. The van der Waals surface area contributed by atoms with Gasteiger partial charge in [0.2, 0.25) is 0 Å². The molecular formula is C21H23FN7O3S2+. The average Bonchev–Trinajstić information content (AvgIpc) is 3.47. The van der Waals surface area contributed by atoms with Crippen LogP contribution in [0.5, 0.6) is 0 Å². The lowest BCUT2D eigenvalue weighted by Crippen LogP contribution is -2.62. The number of anilines is 1. The molecule has 0 bridgehead atoms. The van der Waals surface area contributed by atoms with E-state index in [4.69, 9.17) is 0 Å². The minimum Gasteiger partial charge on any atom is -0.317 e. The summed E-state index contributed by atoms with van der Waals surface area (Å²) in [7, 11) is -4.01. The topological polar surface area (TPSA) is 127 Å². The van der Waals surface area contributed by atoms with Crippen molar-refractivity contribution in [3.8, 4) is 10.7 Å². The second kappa shape index (κ2) is 8.41. The lowest BCUT2D eigenvalue weighted by molar-refractivity contribution is 0.225. The Labute approximate surface area is 199 Å². The second-order valence-electron chi connectivity index (χ2n) is 8.42. The number of urea groups is 1. The quantitative estimate of drug-likeness (QED) is 0.519. The van der Waals surface area contributed by atoms with Crippen molar-refractivity contribution in [3.05, 3.63) is 47.5 Å². The van der Waals surface area contributed by atoms with E-state index in [1.807, 2.05) is 0 Å². The first-order valence-electron chi connectivity index (χ1n) is 10.8. The third kappa shape index (κ3) is 3.50.